The number of anilines is 1. The SMILES string of the molecule is Fc1ccc(C2=Nc3ccccc3NC(C(Cl)(Cl)Cl)C2)cc1. The Balaban J connectivity index is 2.07. The van der Waals surface area contributed by atoms with Crippen LogP contribution in [0.25, 0.3) is 0 Å². The maximum atomic E-state index is 13.1. The van der Waals surface area contributed by atoms with Crippen molar-refractivity contribution in [2.75, 3.05) is 5.32 Å². The van der Waals surface area contributed by atoms with Gasteiger partial charge in [-0.2, -0.15) is 0 Å². The van der Waals surface area contributed by atoms with Crippen LogP contribution in [-0.4, -0.2) is 15.5 Å². The smallest absolute Gasteiger partial charge is 0.210 e. The lowest BCUT2D eigenvalue weighted by Crippen LogP contribution is -2.35. The maximum absolute atomic E-state index is 13.1. The van der Waals surface area contributed by atoms with E-state index < -0.39 is 9.83 Å². The first-order valence-electron chi connectivity index (χ1n) is 6.69. The van der Waals surface area contributed by atoms with Gasteiger partial charge in [-0.15, -0.1) is 0 Å². The molecule has 1 aliphatic heterocycles. The normalized spacial score (nSPS) is 18.0. The topological polar surface area (TPSA) is 24.4 Å². The number of benzene rings is 2. The van der Waals surface area contributed by atoms with Crippen LogP contribution in [0, 0.1) is 5.82 Å². The summed E-state index contributed by atoms with van der Waals surface area (Å²) in [6, 6.07) is 13.3. The highest BCUT2D eigenvalue weighted by molar-refractivity contribution is 6.68. The average molecular weight is 358 g/mol. The molecule has 114 valence electrons. The highest BCUT2D eigenvalue weighted by atomic mass is 35.6. The molecule has 0 aromatic heterocycles. The minimum atomic E-state index is -1.49. The van der Waals surface area contributed by atoms with Crippen LogP contribution in [0.15, 0.2) is 53.5 Å². The molecule has 1 unspecified atom stereocenters. The van der Waals surface area contributed by atoms with E-state index in [0.717, 1.165) is 22.6 Å². The molecule has 1 N–H and O–H groups in total. The van der Waals surface area contributed by atoms with Gasteiger partial charge >= 0.3 is 0 Å². The molecular weight excluding hydrogens is 346 g/mol. The zero-order valence-electron chi connectivity index (χ0n) is 11.4. The zero-order valence-corrected chi connectivity index (χ0v) is 13.6. The third-order valence-electron chi connectivity index (χ3n) is 3.46. The first kappa shape index (κ1) is 15.6. The predicted molar refractivity (Wildman–Crippen MR) is 91.4 cm³/mol. The number of para-hydroxylation sites is 2. The Bertz CT molecular complexity index is 708. The van der Waals surface area contributed by atoms with Gasteiger partial charge in [-0.3, -0.25) is 4.99 Å². The molecule has 6 heteroatoms. The van der Waals surface area contributed by atoms with Crippen LogP contribution in [0.4, 0.5) is 15.8 Å². The van der Waals surface area contributed by atoms with Crippen LogP contribution in [-0.2, 0) is 0 Å². The first-order valence-corrected chi connectivity index (χ1v) is 7.82. The van der Waals surface area contributed by atoms with Crippen molar-refractivity contribution < 1.29 is 4.39 Å². The number of hydrogen-bond donors (Lipinski definition) is 1. The number of nitrogens with one attached hydrogen (secondary N) is 1. The molecule has 0 spiro atoms. The molecule has 1 heterocycles. The van der Waals surface area contributed by atoms with Crippen molar-refractivity contribution in [1.82, 2.24) is 0 Å². The minimum absolute atomic E-state index is 0.297. The van der Waals surface area contributed by atoms with Gasteiger partial charge in [0.15, 0.2) is 0 Å². The first-order chi connectivity index (χ1) is 10.4. The average Bonchev–Trinajstić information content (AvgIpc) is 2.67. The van der Waals surface area contributed by atoms with Gasteiger partial charge in [0.2, 0.25) is 3.79 Å². The van der Waals surface area contributed by atoms with Crippen molar-refractivity contribution in [3.05, 3.63) is 59.9 Å². The standard InChI is InChI=1S/C16H12Cl3FN2/c17-16(18,19)15-9-14(10-5-7-11(20)8-6-10)21-12-3-1-2-4-13(12)22-15/h1-8,15,22H,9H2. The van der Waals surface area contributed by atoms with E-state index in [-0.39, 0.29) is 5.82 Å². The molecule has 2 nitrogen and oxygen atoms in total. The second-order valence-corrected chi connectivity index (χ2v) is 7.39. The Morgan fingerprint density at radius 2 is 1.73 bits per heavy atom. The Labute approximate surface area is 142 Å². The van der Waals surface area contributed by atoms with Crippen LogP contribution < -0.4 is 5.32 Å². The van der Waals surface area contributed by atoms with E-state index in [0.29, 0.717) is 6.42 Å². The third-order valence-corrected chi connectivity index (χ3v) is 4.25. The summed E-state index contributed by atoms with van der Waals surface area (Å²) in [6.07, 6.45) is 0.414. The van der Waals surface area contributed by atoms with E-state index in [2.05, 4.69) is 10.3 Å². The summed E-state index contributed by atoms with van der Waals surface area (Å²) in [4.78, 5) is 4.66. The highest BCUT2D eigenvalue weighted by Crippen LogP contribution is 2.39. The van der Waals surface area contributed by atoms with Crippen molar-refractivity contribution in [2.24, 2.45) is 4.99 Å². The van der Waals surface area contributed by atoms with Crippen LogP contribution >= 0.6 is 34.8 Å². The van der Waals surface area contributed by atoms with Crippen molar-refractivity contribution in [3.8, 4) is 0 Å². The molecule has 2 aromatic rings. The summed E-state index contributed by atoms with van der Waals surface area (Å²) >= 11 is 18.2. The predicted octanol–water partition coefficient (Wildman–Crippen LogP) is 5.50. The Morgan fingerprint density at radius 1 is 1.05 bits per heavy atom. The summed E-state index contributed by atoms with van der Waals surface area (Å²) in [5.41, 5.74) is 3.11. The summed E-state index contributed by atoms with van der Waals surface area (Å²) in [5.74, 6) is -0.297. The van der Waals surface area contributed by atoms with Gasteiger partial charge in [0.05, 0.1) is 23.1 Å². The Morgan fingerprint density at radius 3 is 2.41 bits per heavy atom. The van der Waals surface area contributed by atoms with Crippen molar-refractivity contribution in [2.45, 2.75) is 16.3 Å². The summed E-state index contributed by atoms with van der Waals surface area (Å²) in [5, 5.41) is 3.23. The number of nitrogens with zero attached hydrogens (tertiary/aromatic N) is 1. The molecule has 0 bridgehead atoms. The second-order valence-electron chi connectivity index (χ2n) is 5.03. The van der Waals surface area contributed by atoms with Gasteiger partial charge in [0, 0.05) is 6.42 Å². The molecular formula is C16H12Cl3FN2. The largest absolute Gasteiger partial charge is 0.376 e. The van der Waals surface area contributed by atoms with Gasteiger partial charge in [-0.25, -0.2) is 4.39 Å². The zero-order chi connectivity index (χ0) is 15.7. The van der Waals surface area contributed by atoms with Gasteiger partial charge in [-0.1, -0.05) is 59.1 Å². The number of alkyl halides is 3. The summed E-state index contributed by atoms with van der Waals surface area (Å²) in [7, 11) is 0. The fourth-order valence-electron chi connectivity index (χ4n) is 2.34. The molecule has 1 aliphatic rings. The van der Waals surface area contributed by atoms with E-state index in [1.165, 1.54) is 12.1 Å². The fourth-order valence-corrected chi connectivity index (χ4v) is 2.73. The number of fused-ring (bicyclic) bond motifs is 1. The van der Waals surface area contributed by atoms with Crippen molar-refractivity contribution >= 4 is 51.9 Å². The second kappa shape index (κ2) is 6.07. The lowest BCUT2D eigenvalue weighted by atomic mass is 10.0. The number of rotatable bonds is 1. The Kier molecular flexibility index (Phi) is 4.31. The molecule has 1 atom stereocenters. The quantitative estimate of drug-likeness (QED) is 0.669. The number of halogens is 4. The Hall–Kier alpha value is -1.29. The van der Waals surface area contributed by atoms with E-state index in [1.54, 1.807) is 12.1 Å². The summed E-state index contributed by atoms with van der Waals surface area (Å²) in [6.45, 7) is 0. The highest BCUT2D eigenvalue weighted by Gasteiger charge is 2.35. The van der Waals surface area contributed by atoms with Gasteiger partial charge in [0.1, 0.15) is 5.82 Å². The van der Waals surface area contributed by atoms with Crippen LogP contribution in [0.3, 0.4) is 0 Å². The molecule has 0 amide bonds. The van der Waals surface area contributed by atoms with Gasteiger partial charge in [-0.05, 0) is 29.8 Å². The third kappa shape index (κ3) is 3.37. The maximum Gasteiger partial charge on any atom is 0.210 e. The van der Waals surface area contributed by atoms with Gasteiger partial charge in [0.25, 0.3) is 0 Å². The van der Waals surface area contributed by atoms with Crippen molar-refractivity contribution in [1.29, 1.82) is 0 Å². The molecule has 0 fully saturated rings. The number of aliphatic imine (C=N–C) groups is 1. The monoisotopic (exact) mass is 356 g/mol. The number of hydrogen-bond acceptors (Lipinski definition) is 2. The van der Waals surface area contributed by atoms with Crippen LogP contribution in [0.5, 0.6) is 0 Å². The summed E-state index contributed by atoms with van der Waals surface area (Å²) < 4.78 is 11.6. The molecule has 3 rings (SSSR count). The minimum Gasteiger partial charge on any atom is -0.376 e. The van der Waals surface area contributed by atoms with Crippen LogP contribution in [0.2, 0.25) is 0 Å². The lowest BCUT2D eigenvalue weighted by molar-refractivity contribution is 0.627. The molecule has 0 aliphatic carbocycles. The lowest BCUT2D eigenvalue weighted by Gasteiger charge is -2.25. The van der Waals surface area contributed by atoms with Crippen molar-refractivity contribution in [3.63, 3.8) is 0 Å². The van der Waals surface area contributed by atoms with E-state index in [4.69, 9.17) is 34.8 Å². The van der Waals surface area contributed by atoms with E-state index in [1.807, 2.05) is 24.3 Å². The fraction of sp³-hybridized carbons (Fsp3) is 0.188. The van der Waals surface area contributed by atoms with Crippen LogP contribution in [0.1, 0.15) is 12.0 Å². The molecule has 0 saturated carbocycles. The van der Waals surface area contributed by atoms with E-state index in [9.17, 15) is 4.39 Å². The molecule has 0 radical (unpaired) electrons. The van der Waals surface area contributed by atoms with Gasteiger partial charge < -0.3 is 5.32 Å². The molecule has 2 aromatic carbocycles. The van der Waals surface area contributed by atoms with E-state index >= 15 is 0 Å². The molecule has 0 saturated heterocycles. The molecule has 22 heavy (non-hydrogen) atoms.